The smallest absolute Gasteiger partial charge is 0.255 e. The summed E-state index contributed by atoms with van der Waals surface area (Å²) in [6, 6.07) is 21.2. The molecule has 1 unspecified atom stereocenters. The van der Waals surface area contributed by atoms with Crippen LogP contribution < -0.4 is 16.2 Å². The van der Waals surface area contributed by atoms with Crippen LogP contribution in [0.1, 0.15) is 122 Å². The molecule has 3 N–H and O–H groups in total. The largest absolute Gasteiger partial charge is 0.380 e. The number of fused-ring (bicyclic) bond motifs is 1. The van der Waals surface area contributed by atoms with Gasteiger partial charge in [-0.05, 0) is 90.6 Å². The second kappa shape index (κ2) is 20.6. The Hall–Kier alpha value is -4.80. The molecule has 0 saturated carbocycles. The highest BCUT2D eigenvalue weighted by Crippen LogP contribution is 2.37. The Morgan fingerprint density at radius 1 is 0.963 bits per heavy atom. The van der Waals surface area contributed by atoms with Crippen molar-refractivity contribution in [2.75, 3.05) is 38.7 Å². The van der Waals surface area contributed by atoms with Crippen LogP contribution in [-0.4, -0.2) is 66.8 Å². The molecule has 1 aliphatic heterocycles. The third-order valence-corrected chi connectivity index (χ3v) is 10.3. The standard InChI is InChI=1S/C44H59N5O5/c1-7-10-11-12-13-14-15-40(50)46-37-25-22-35-28-39(33-20-23-36(24-21-33)44(4,5)8-2)49(43(53)38(35)29-37)30-32-16-18-34(19-17-32)42(52)48(26-27-54-9-3)31-41(51)47-45-6/h14-25,29,39,45H,7-13,26-28,30-31H2,1-6H3,(H,46,50)(H,47,51)/b15-14+. The van der Waals surface area contributed by atoms with Crippen LogP contribution in [0.2, 0.25) is 0 Å². The number of nitrogens with zero attached hydrogens (tertiary/aromatic N) is 2. The van der Waals surface area contributed by atoms with Crippen molar-refractivity contribution in [1.82, 2.24) is 20.7 Å². The molecule has 0 saturated heterocycles. The van der Waals surface area contributed by atoms with E-state index < -0.39 is 0 Å². The number of carbonyl (C=O) groups is 4. The van der Waals surface area contributed by atoms with E-state index in [2.05, 4.69) is 68.1 Å². The van der Waals surface area contributed by atoms with Crippen LogP contribution in [0.5, 0.6) is 0 Å². The number of benzene rings is 3. The summed E-state index contributed by atoms with van der Waals surface area (Å²) >= 11 is 0. The first-order valence-electron chi connectivity index (χ1n) is 19.4. The molecule has 10 heteroatoms. The lowest BCUT2D eigenvalue weighted by Gasteiger charge is -2.38. The lowest BCUT2D eigenvalue weighted by molar-refractivity contribution is -0.122. The molecule has 1 aliphatic rings. The zero-order valence-corrected chi connectivity index (χ0v) is 33.0. The van der Waals surface area contributed by atoms with Gasteiger partial charge in [-0.3, -0.25) is 24.6 Å². The van der Waals surface area contributed by atoms with Crippen molar-refractivity contribution in [3.8, 4) is 0 Å². The van der Waals surface area contributed by atoms with Gasteiger partial charge >= 0.3 is 0 Å². The maximum atomic E-state index is 14.4. The minimum absolute atomic E-state index is 0.0345. The van der Waals surface area contributed by atoms with E-state index in [4.69, 9.17) is 4.74 Å². The summed E-state index contributed by atoms with van der Waals surface area (Å²) < 4.78 is 5.46. The van der Waals surface area contributed by atoms with Crippen molar-refractivity contribution in [2.24, 2.45) is 0 Å². The average molecular weight is 738 g/mol. The Labute approximate surface area is 321 Å². The van der Waals surface area contributed by atoms with E-state index in [1.807, 2.05) is 42.2 Å². The Balaban J connectivity index is 1.59. The molecule has 290 valence electrons. The highest BCUT2D eigenvalue weighted by atomic mass is 16.5. The van der Waals surface area contributed by atoms with Gasteiger partial charge in [-0.1, -0.05) is 95.5 Å². The van der Waals surface area contributed by atoms with Crippen molar-refractivity contribution >= 4 is 29.3 Å². The Kier molecular flexibility index (Phi) is 16.0. The molecule has 1 atom stereocenters. The van der Waals surface area contributed by atoms with Crippen molar-refractivity contribution in [2.45, 2.75) is 97.6 Å². The Morgan fingerprint density at radius 2 is 1.70 bits per heavy atom. The molecular weight excluding hydrogens is 679 g/mol. The first kappa shape index (κ1) is 41.9. The number of carbonyl (C=O) groups excluding carboxylic acids is 4. The lowest BCUT2D eigenvalue weighted by atomic mass is 9.81. The zero-order chi connectivity index (χ0) is 39.1. The minimum Gasteiger partial charge on any atom is -0.380 e. The molecule has 4 rings (SSSR count). The van der Waals surface area contributed by atoms with E-state index in [-0.39, 0.29) is 48.2 Å². The maximum absolute atomic E-state index is 14.4. The molecule has 0 aliphatic carbocycles. The van der Waals surface area contributed by atoms with E-state index in [1.165, 1.54) is 23.3 Å². The molecule has 3 aromatic rings. The number of hydrogen-bond acceptors (Lipinski definition) is 6. The first-order valence-corrected chi connectivity index (χ1v) is 19.4. The monoisotopic (exact) mass is 737 g/mol. The Bertz CT molecular complexity index is 1730. The van der Waals surface area contributed by atoms with Crippen molar-refractivity contribution in [3.63, 3.8) is 0 Å². The quantitative estimate of drug-likeness (QED) is 0.0628. The number of rotatable bonds is 20. The van der Waals surface area contributed by atoms with Gasteiger partial charge in [0.2, 0.25) is 5.91 Å². The SMILES string of the molecule is CCCCCC/C=C/C(=O)Nc1ccc2c(c1)C(=O)N(Cc1ccc(C(=O)N(CCOCC)CC(=O)NNC)cc1)C(c1ccc(C(C)(C)CC)cc1)C2. The van der Waals surface area contributed by atoms with Crippen molar-refractivity contribution in [3.05, 3.63) is 112 Å². The van der Waals surface area contributed by atoms with E-state index in [0.29, 0.717) is 43.0 Å². The van der Waals surface area contributed by atoms with Gasteiger partial charge < -0.3 is 19.9 Å². The molecule has 0 spiro atoms. The van der Waals surface area contributed by atoms with Gasteiger partial charge in [-0.2, -0.15) is 0 Å². The van der Waals surface area contributed by atoms with E-state index in [1.54, 1.807) is 31.3 Å². The third kappa shape index (κ3) is 11.6. The fourth-order valence-corrected chi connectivity index (χ4v) is 6.61. The zero-order valence-electron chi connectivity index (χ0n) is 33.0. The van der Waals surface area contributed by atoms with Gasteiger partial charge in [0.15, 0.2) is 0 Å². The maximum Gasteiger partial charge on any atom is 0.255 e. The summed E-state index contributed by atoms with van der Waals surface area (Å²) in [5, 5.41) is 2.94. The third-order valence-electron chi connectivity index (χ3n) is 10.3. The molecule has 0 bridgehead atoms. The molecule has 0 radical (unpaired) electrons. The fraction of sp³-hybridized carbons (Fsp3) is 0.455. The summed E-state index contributed by atoms with van der Waals surface area (Å²) in [5.41, 5.74) is 10.8. The summed E-state index contributed by atoms with van der Waals surface area (Å²) in [5.74, 6) is -0.964. The van der Waals surface area contributed by atoms with Crippen LogP contribution in [-0.2, 0) is 32.7 Å². The summed E-state index contributed by atoms with van der Waals surface area (Å²) in [7, 11) is 1.59. The van der Waals surface area contributed by atoms with Crippen LogP contribution in [0.3, 0.4) is 0 Å². The van der Waals surface area contributed by atoms with E-state index in [0.717, 1.165) is 42.4 Å². The average Bonchev–Trinajstić information content (AvgIpc) is 3.17. The number of ether oxygens (including phenoxy) is 1. The van der Waals surface area contributed by atoms with Gasteiger partial charge in [0.1, 0.15) is 6.54 Å². The van der Waals surface area contributed by atoms with Crippen molar-refractivity contribution < 1.29 is 23.9 Å². The molecule has 3 aromatic carbocycles. The van der Waals surface area contributed by atoms with Crippen molar-refractivity contribution in [1.29, 1.82) is 0 Å². The van der Waals surface area contributed by atoms with Gasteiger partial charge in [0.25, 0.3) is 17.7 Å². The van der Waals surface area contributed by atoms with E-state index in [9.17, 15) is 19.2 Å². The van der Waals surface area contributed by atoms with Gasteiger partial charge in [0.05, 0.1) is 12.6 Å². The lowest BCUT2D eigenvalue weighted by Crippen LogP contribution is -2.45. The number of nitrogens with one attached hydrogen (secondary N) is 3. The minimum atomic E-state index is -0.336. The molecule has 54 heavy (non-hydrogen) atoms. The number of hydrazine groups is 1. The summed E-state index contributed by atoms with van der Waals surface area (Å²) in [6.45, 7) is 12.0. The predicted octanol–water partition coefficient (Wildman–Crippen LogP) is 7.51. The van der Waals surface area contributed by atoms with E-state index >= 15 is 0 Å². The summed E-state index contributed by atoms with van der Waals surface area (Å²) in [4.78, 5) is 56.4. The number of hydrogen-bond donors (Lipinski definition) is 3. The molecule has 4 amide bonds. The summed E-state index contributed by atoms with van der Waals surface area (Å²) in [6.07, 6.45) is 10.5. The predicted molar refractivity (Wildman–Crippen MR) is 215 cm³/mol. The number of unbranched alkanes of at least 4 members (excludes halogenated alkanes) is 4. The van der Waals surface area contributed by atoms with Gasteiger partial charge in [-0.25, -0.2) is 5.43 Å². The van der Waals surface area contributed by atoms with Crippen LogP contribution >= 0.6 is 0 Å². The fourth-order valence-electron chi connectivity index (χ4n) is 6.61. The number of amides is 4. The van der Waals surface area contributed by atoms with Crippen LogP contribution in [0.4, 0.5) is 5.69 Å². The molecule has 1 heterocycles. The van der Waals surface area contributed by atoms with Crippen LogP contribution in [0.25, 0.3) is 0 Å². The topological polar surface area (TPSA) is 120 Å². The molecule has 0 fully saturated rings. The molecule has 0 aromatic heterocycles. The Morgan fingerprint density at radius 3 is 2.37 bits per heavy atom. The highest BCUT2D eigenvalue weighted by Gasteiger charge is 2.34. The number of allylic oxidation sites excluding steroid dienone is 1. The van der Waals surface area contributed by atoms with Crippen LogP contribution in [0.15, 0.2) is 78.9 Å². The second-order valence-corrected chi connectivity index (χ2v) is 14.5. The van der Waals surface area contributed by atoms with Crippen LogP contribution in [0, 0.1) is 0 Å². The number of anilines is 1. The highest BCUT2D eigenvalue weighted by molar-refractivity contribution is 6.02. The van der Waals surface area contributed by atoms with Gasteiger partial charge in [0, 0.05) is 43.6 Å². The first-order chi connectivity index (χ1) is 26.0. The molecular formula is C44H59N5O5. The van der Waals surface area contributed by atoms with Gasteiger partial charge in [-0.15, -0.1) is 0 Å². The molecule has 10 nitrogen and oxygen atoms in total. The second-order valence-electron chi connectivity index (χ2n) is 14.5. The normalized spacial score (nSPS) is 14.2.